The number of nitrogens with zero attached hydrogens (tertiary/aromatic N) is 2. The van der Waals surface area contributed by atoms with Gasteiger partial charge in [-0.15, -0.1) is 0 Å². The summed E-state index contributed by atoms with van der Waals surface area (Å²) >= 11 is 0. The van der Waals surface area contributed by atoms with Crippen molar-refractivity contribution in [2.45, 2.75) is 45.4 Å². The molecule has 0 N–H and O–H groups in total. The van der Waals surface area contributed by atoms with Crippen molar-refractivity contribution in [3.05, 3.63) is 29.8 Å². The first-order chi connectivity index (χ1) is 11.3. The van der Waals surface area contributed by atoms with Crippen LogP contribution >= 0.6 is 0 Å². The first-order valence-electron chi connectivity index (χ1n) is 8.65. The van der Waals surface area contributed by atoms with Crippen LogP contribution in [0.1, 0.15) is 44.6 Å². The van der Waals surface area contributed by atoms with E-state index < -0.39 is 5.92 Å². The molecule has 1 aliphatic rings. The summed E-state index contributed by atoms with van der Waals surface area (Å²) in [7, 11) is 0. The first-order valence-corrected chi connectivity index (χ1v) is 8.65. The van der Waals surface area contributed by atoms with Crippen molar-refractivity contribution in [2.75, 3.05) is 19.7 Å². The summed E-state index contributed by atoms with van der Waals surface area (Å²) in [5.74, 6) is 0.234. The third-order valence-corrected chi connectivity index (χ3v) is 4.39. The van der Waals surface area contributed by atoms with Gasteiger partial charge in [-0.05, 0) is 30.9 Å². The predicted octanol–water partition coefficient (Wildman–Crippen LogP) is 3.56. The number of hydrogen-bond acceptors (Lipinski definition) is 3. The Hall–Kier alpha value is -2.02. The van der Waals surface area contributed by atoms with E-state index in [4.69, 9.17) is 4.74 Å². The van der Waals surface area contributed by atoms with Crippen molar-refractivity contribution in [1.82, 2.24) is 4.90 Å². The minimum Gasteiger partial charge on any atom is -0.493 e. The molecule has 124 valence electrons. The molecular weight excluding hydrogens is 288 g/mol. The Morgan fingerprint density at radius 1 is 1.26 bits per heavy atom. The fourth-order valence-electron chi connectivity index (χ4n) is 2.98. The van der Waals surface area contributed by atoms with Gasteiger partial charge in [-0.25, -0.2) is 0 Å². The average Bonchev–Trinajstić information content (AvgIpc) is 2.88. The van der Waals surface area contributed by atoms with Crippen molar-refractivity contribution < 1.29 is 9.53 Å². The van der Waals surface area contributed by atoms with Crippen molar-refractivity contribution >= 4 is 5.91 Å². The number of carbonyl (C=O) groups excluding carboxylic acids is 1. The van der Waals surface area contributed by atoms with Crippen molar-refractivity contribution in [3.63, 3.8) is 0 Å². The summed E-state index contributed by atoms with van der Waals surface area (Å²) in [5.41, 5.74) is 1.15. The van der Waals surface area contributed by atoms with E-state index in [-0.39, 0.29) is 5.91 Å². The van der Waals surface area contributed by atoms with E-state index in [1.807, 2.05) is 29.2 Å². The van der Waals surface area contributed by atoms with Crippen LogP contribution in [0.3, 0.4) is 0 Å². The second-order valence-electron chi connectivity index (χ2n) is 6.02. The number of ether oxygens (including phenoxy) is 1. The quantitative estimate of drug-likeness (QED) is 0.806. The van der Waals surface area contributed by atoms with Crippen LogP contribution in [0.15, 0.2) is 24.3 Å². The monoisotopic (exact) mass is 314 g/mol. The number of benzene rings is 1. The molecule has 0 aliphatic carbocycles. The van der Waals surface area contributed by atoms with E-state index in [1.54, 1.807) is 0 Å². The highest BCUT2D eigenvalue weighted by molar-refractivity contribution is 5.81. The molecule has 0 aromatic heterocycles. The first kappa shape index (κ1) is 17.3. The fourth-order valence-corrected chi connectivity index (χ4v) is 2.98. The molecule has 1 aliphatic heterocycles. The van der Waals surface area contributed by atoms with E-state index in [1.165, 1.54) is 12.8 Å². The molecule has 1 aromatic carbocycles. The zero-order valence-corrected chi connectivity index (χ0v) is 14.0. The fraction of sp³-hybridized carbons (Fsp3) is 0.579. The molecule has 4 heteroatoms. The summed E-state index contributed by atoms with van der Waals surface area (Å²) in [6, 6.07) is 10.1. The molecule has 0 saturated carbocycles. The molecule has 1 aromatic rings. The maximum absolute atomic E-state index is 12.5. The number of hydrogen-bond donors (Lipinski definition) is 0. The Morgan fingerprint density at radius 2 is 1.96 bits per heavy atom. The molecule has 1 heterocycles. The van der Waals surface area contributed by atoms with Gasteiger partial charge < -0.3 is 9.64 Å². The van der Waals surface area contributed by atoms with Gasteiger partial charge in [0.15, 0.2) is 0 Å². The molecule has 1 fully saturated rings. The third-order valence-electron chi connectivity index (χ3n) is 4.39. The number of aryl methyl sites for hydroxylation is 1. The zero-order chi connectivity index (χ0) is 16.5. The normalized spacial score (nSPS) is 16.3. The molecule has 1 saturated heterocycles. The van der Waals surface area contributed by atoms with Gasteiger partial charge in [-0.1, -0.05) is 38.0 Å². The van der Waals surface area contributed by atoms with Crippen LogP contribution in [0.25, 0.3) is 0 Å². The smallest absolute Gasteiger partial charge is 0.240 e. The highest BCUT2D eigenvalue weighted by Gasteiger charge is 2.24. The Labute approximate surface area is 139 Å². The molecule has 23 heavy (non-hydrogen) atoms. The van der Waals surface area contributed by atoms with Crippen LogP contribution in [0.4, 0.5) is 0 Å². The van der Waals surface area contributed by atoms with E-state index in [0.29, 0.717) is 13.0 Å². The molecule has 0 spiro atoms. The van der Waals surface area contributed by atoms with Crippen LogP contribution in [0.5, 0.6) is 5.75 Å². The van der Waals surface area contributed by atoms with Gasteiger partial charge in [0.1, 0.15) is 11.7 Å². The Kier molecular flexibility index (Phi) is 6.93. The maximum Gasteiger partial charge on any atom is 0.240 e. The largest absolute Gasteiger partial charge is 0.493 e. The van der Waals surface area contributed by atoms with Gasteiger partial charge in [0, 0.05) is 19.5 Å². The Balaban J connectivity index is 1.87. The highest BCUT2D eigenvalue weighted by atomic mass is 16.5. The van der Waals surface area contributed by atoms with Crippen molar-refractivity contribution in [1.29, 1.82) is 5.26 Å². The Bertz CT molecular complexity index is 543. The minimum atomic E-state index is -0.595. The molecule has 0 bridgehead atoms. The van der Waals surface area contributed by atoms with Gasteiger partial charge in [0.05, 0.1) is 12.7 Å². The van der Waals surface area contributed by atoms with Gasteiger partial charge in [-0.2, -0.15) is 5.26 Å². The van der Waals surface area contributed by atoms with Crippen LogP contribution in [0, 0.1) is 17.2 Å². The molecule has 1 unspecified atom stereocenters. The maximum atomic E-state index is 12.5. The molecule has 4 nitrogen and oxygen atoms in total. The number of nitriles is 1. The standard InChI is InChI=1S/C19H26N2O2/c1-2-16-9-5-6-10-18(16)23-14-11-17(15-20)19(22)21-12-7-3-4-8-13-21/h5-6,9-10,17H,2-4,7-8,11-14H2,1H3. The van der Waals surface area contributed by atoms with Gasteiger partial charge in [0.25, 0.3) is 0 Å². The summed E-state index contributed by atoms with van der Waals surface area (Å²) in [4.78, 5) is 14.4. The SMILES string of the molecule is CCc1ccccc1OCCC(C#N)C(=O)N1CCCCCC1. The summed E-state index contributed by atoms with van der Waals surface area (Å²) < 4.78 is 5.80. The van der Waals surface area contributed by atoms with E-state index in [0.717, 1.165) is 43.7 Å². The predicted molar refractivity (Wildman–Crippen MR) is 90.1 cm³/mol. The number of likely N-dealkylation sites (tertiary alicyclic amines) is 1. The number of carbonyl (C=O) groups is 1. The lowest BCUT2D eigenvalue weighted by Gasteiger charge is -2.23. The molecule has 1 atom stereocenters. The van der Waals surface area contributed by atoms with Crippen LogP contribution in [-0.2, 0) is 11.2 Å². The summed E-state index contributed by atoms with van der Waals surface area (Å²) in [5, 5.41) is 9.34. The lowest BCUT2D eigenvalue weighted by Crippen LogP contribution is -2.37. The van der Waals surface area contributed by atoms with Crippen molar-refractivity contribution in [3.8, 4) is 11.8 Å². The number of amides is 1. The molecule has 2 rings (SSSR count). The third kappa shape index (κ3) is 4.99. The topological polar surface area (TPSA) is 53.3 Å². The van der Waals surface area contributed by atoms with E-state index in [2.05, 4.69) is 13.0 Å². The van der Waals surface area contributed by atoms with Gasteiger partial charge in [0.2, 0.25) is 5.91 Å². The van der Waals surface area contributed by atoms with Gasteiger partial charge >= 0.3 is 0 Å². The zero-order valence-electron chi connectivity index (χ0n) is 14.0. The van der Waals surface area contributed by atoms with Gasteiger partial charge in [-0.3, -0.25) is 4.79 Å². The lowest BCUT2D eigenvalue weighted by molar-refractivity contribution is -0.134. The second-order valence-corrected chi connectivity index (χ2v) is 6.02. The second kappa shape index (κ2) is 9.19. The number of para-hydroxylation sites is 1. The molecular formula is C19H26N2O2. The molecule has 1 amide bonds. The minimum absolute atomic E-state index is 0.0261. The van der Waals surface area contributed by atoms with Crippen LogP contribution in [-0.4, -0.2) is 30.5 Å². The Morgan fingerprint density at radius 3 is 2.61 bits per heavy atom. The average molecular weight is 314 g/mol. The summed E-state index contributed by atoms with van der Waals surface area (Å²) in [6.07, 6.45) is 5.80. The summed E-state index contributed by atoms with van der Waals surface area (Å²) in [6.45, 7) is 4.06. The lowest BCUT2D eigenvalue weighted by atomic mass is 10.1. The van der Waals surface area contributed by atoms with Crippen LogP contribution in [0.2, 0.25) is 0 Å². The van der Waals surface area contributed by atoms with E-state index in [9.17, 15) is 10.1 Å². The highest BCUT2D eigenvalue weighted by Crippen LogP contribution is 2.20. The van der Waals surface area contributed by atoms with E-state index >= 15 is 0 Å². The van der Waals surface area contributed by atoms with Crippen LogP contribution < -0.4 is 4.74 Å². The number of rotatable bonds is 6. The molecule has 0 radical (unpaired) electrons. The van der Waals surface area contributed by atoms with Crippen molar-refractivity contribution in [2.24, 2.45) is 5.92 Å².